The van der Waals surface area contributed by atoms with Crippen molar-refractivity contribution in [3.8, 4) is 0 Å². The van der Waals surface area contributed by atoms with Crippen LogP contribution >= 0.6 is 15.9 Å². The average Bonchev–Trinajstić information content (AvgIpc) is 2.98. The molecule has 0 N–H and O–H groups in total. The summed E-state index contributed by atoms with van der Waals surface area (Å²) in [5.74, 6) is 0. The molecule has 0 amide bonds. The summed E-state index contributed by atoms with van der Waals surface area (Å²) in [5.41, 5.74) is 1.27. The normalized spacial score (nSPS) is 18.4. The van der Waals surface area contributed by atoms with E-state index in [1.54, 1.807) is 7.05 Å². The summed E-state index contributed by atoms with van der Waals surface area (Å²) in [6, 6.07) is 8.17. The molecule has 1 fully saturated rings. The van der Waals surface area contributed by atoms with Gasteiger partial charge in [-0.15, -0.1) is 0 Å². The fourth-order valence-electron chi connectivity index (χ4n) is 2.04. The van der Waals surface area contributed by atoms with Crippen molar-refractivity contribution in [1.82, 2.24) is 4.31 Å². The molecule has 0 bridgehead atoms. The first kappa shape index (κ1) is 13.1. The van der Waals surface area contributed by atoms with Gasteiger partial charge in [-0.3, -0.25) is 0 Å². The van der Waals surface area contributed by atoms with Gasteiger partial charge < -0.3 is 0 Å². The van der Waals surface area contributed by atoms with Gasteiger partial charge in [0.2, 0.25) is 10.0 Å². The lowest BCUT2D eigenvalue weighted by Gasteiger charge is -2.22. The van der Waals surface area contributed by atoms with E-state index in [1.165, 1.54) is 16.1 Å². The van der Waals surface area contributed by atoms with Crippen LogP contribution in [-0.4, -0.2) is 32.6 Å². The van der Waals surface area contributed by atoms with Crippen LogP contribution in [0, 0.1) is 0 Å². The molecule has 94 valence electrons. The number of rotatable bonds is 4. The molecule has 0 aliphatic heterocycles. The molecule has 1 aliphatic carbocycles. The van der Waals surface area contributed by atoms with E-state index < -0.39 is 10.0 Å². The molecule has 0 unspecified atom stereocenters. The molecule has 1 aliphatic rings. The van der Waals surface area contributed by atoms with Gasteiger partial charge >= 0.3 is 0 Å². The summed E-state index contributed by atoms with van der Waals surface area (Å²) >= 11 is 3.41. The van der Waals surface area contributed by atoms with Gasteiger partial charge in [-0.1, -0.05) is 28.1 Å². The zero-order valence-corrected chi connectivity index (χ0v) is 12.4. The van der Waals surface area contributed by atoms with Crippen molar-refractivity contribution in [1.29, 1.82) is 0 Å². The fourth-order valence-corrected chi connectivity index (χ4v) is 2.78. The number of benzene rings is 1. The molecule has 17 heavy (non-hydrogen) atoms. The predicted octanol–water partition coefficient (Wildman–Crippen LogP) is 2.37. The zero-order valence-electron chi connectivity index (χ0n) is 9.98. The molecule has 1 aromatic carbocycles. The second kappa shape index (κ2) is 4.37. The molecule has 2 rings (SSSR count). The predicted molar refractivity (Wildman–Crippen MR) is 72.5 cm³/mol. The highest BCUT2D eigenvalue weighted by atomic mass is 79.9. The summed E-state index contributed by atoms with van der Waals surface area (Å²) < 4.78 is 25.4. The number of likely N-dealkylation sites (N-methyl/N-ethyl adjacent to an activating group) is 1. The largest absolute Gasteiger partial charge is 0.213 e. The van der Waals surface area contributed by atoms with Gasteiger partial charge in [-0.05, 0) is 30.5 Å². The number of hydrogen-bond donors (Lipinski definition) is 0. The van der Waals surface area contributed by atoms with Crippen molar-refractivity contribution < 1.29 is 8.42 Å². The lowest BCUT2D eigenvalue weighted by Crippen LogP contribution is -2.33. The summed E-state index contributed by atoms with van der Waals surface area (Å²) in [6.07, 6.45) is 3.38. The molecular weight excluding hydrogens is 302 g/mol. The van der Waals surface area contributed by atoms with Crippen molar-refractivity contribution in [3.05, 3.63) is 34.3 Å². The number of halogens is 1. The minimum Gasteiger partial charge on any atom is -0.213 e. The van der Waals surface area contributed by atoms with Crippen LogP contribution < -0.4 is 0 Å². The zero-order chi connectivity index (χ0) is 12.7. The molecule has 3 nitrogen and oxygen atoms in total. The van der Waals surface area contributed by atoms with Gasteiger partial charge in [-0.25, -0.2) is 12.7 Å². The molecule has 0 heterocycles. The Kier molecular flexibility index (Phi) is 3.36. The summed E-state index contributed by atoms with van der Waals surface area (Å²) in [7, 11) is -1.44. The topological polar surface area (TPSA) is 37.4 Å². The quantitative estimate of drug-likeness (QED) is 0.855. The first-order chi connectivity index (χ1) is 7.83. The standard InChI is InChI=1S/C12H16BrNO2S/c1-14(17(2,15)16)9-12(7-8-12)10-3-5-11(13)6-4-10/h3-6H,7-9H2,1-2H3. The summed E-state index contributed by atoms with van der Waals surface area (Å²) in [6.45, 7) is 0.577. The van der Waals surface area contributed by atoms with Crippen LogP contribution in [0.5, 0.6) is 0 Å². The number of nitrogens with zero attached hydrogens (tertiary/aromatic N) is 1. The summed E-state index contributed by atoms with van der Waals surface area (Å²) in [4.78, 5) is 0. The van der Waals surface area contributed by atoms with E-state index in [9.17, 15) is 8.42 Å². The Morgan fingerprint density at radius 2 is 1.82 bits per heavy atom. The minimum absolute atomic E-state index is 0.0402. The van der Waals surface area contributed by atoms with Crippen LogP contribution in [0.2, 0.25) is 0 Å². The van der Waals surface area contributed by atoms with E-state index in [0.717, 1.165) is 17.3 Å². The minimum atomic E-state index is -3.09. The number of sulfonamides is 1. The Balaban J connectivity index is 2.18. The molecule has 1 saturated carbocycles. The molecular formula is C12H16BrNO2S. The van der Waals surface area contributed by atoms with Gasteiger partial charge in [0, 0.05) is 23.5 Å². The molecule has 0 radical (unpaired) electrons. The Hall–Kier alpha value is -0.390. The van der Waals surface area contributed by atoms with Crippen molar-refractivity contribution >= 4 is 26.0 Å². The van der Waals surface area contributed by atoms with Gasteiger partial charge in [0.15, 0.2) is 0 Å². The third-order valence-electron chi connectivity index (χ3n) is 3.40. The maximum absolute atomic E-state index is 11.4. The SMILES string of the molecule is CN(CC1(c2ccc(Br)cc2)CC1)S(C)(=O)=O. The fraction of sp³-hybridized carbons (Fsp3) is 0.500. The van der Waals surface area contributed by atoms with E-state index in [1.807, 2.05) is 12.1 Å². The Labute approximate surface area is 111 Å². The Bertz CT molecular complexity index is 506. The maximum atomic E-state index is 11.4. The van der Waals surface area contributed by atoms with E-state index in [0.29, 0.717) is 6.54 Å². The molecule has 0 aromatic heterocycles. The van der Waals surface area contributed by atoms with E-state index in [2.05, 4.69) is 28.1 Å². The third-order valence-corrected chi connectivity index (χ3v) is 5.19. The maximum Gasteiger partial charge on any atom is 0.210 e. The van der Waals surface area contributed by atoms with Gasteiger partial charge in [-0.2, -0.15) is 0 Å². The van der Waals surface area contributed by atoms with Gasteiger partial charge in [0.05, 0.1) is 6.26 Å². The molecule has 0 atom stereocenters. The monoisotopic (exact) mass is 317 g/mol. The van der Waals surface area contributed by atoms with Crippen LogP contribution in [-0.2, 0) is 15.4 Å². The third kappa shape index (κ3) is 2.89. The second-order valence-corrected chi connectivity index (χ2v) is 7.81. The van der Waals surface area contributed by atoms with Crippen molar-refractivity contribution in [2.24, 2.45) is 0 Å². The van der Waals surface area contributed by atoms with E-state index in [-0.39, 0.29) is 5.41 Å². The van der Waals surface area contributed by atoms with Crippen molar-refractivity contribution in [2.75, 3.05) is 19.8 Å². The smallest absolute Gasteiger partial charge is 0.210 e. The van der Waals surface area contributed by atoms with E-state index >= 15 is 0 Å². The Morgan fingerprint density at radius 1 is 1.29 bits per heavy atom. The van der Waals surface area contributed by atoms with Gasteiger partial charge in [0.25, 0.3) is 0 Å². The highest BCUT2D eigenvalue weighted by Crippen LogP contribution is 2.48. The van der Waals surface area contributed by atoms with Crippen molar-refractivity contribution in [3.63, 3.8) is 0 Å². The first-order valence-corrected chi connectivity index (χ1v) is 8.15. The van der Waals surface area contributed by atoms with E-state index in [4.69, 9.17) is 0 Å². The lowest BCUT2D eigenvalue weighted by atomic mass is 9.96. The van der Waals surface area contributed by atoms with Crippen LogP contribution in [0.1, 0.15) is 18.4 Å². The van der Waals surface area contributed by atoms with Gasteiger partial charge in [0.1, 0.15) is 0 Å². The second-order valence-electron chi connectivity index (χ2n) is 4.81. The molecule has 0 saturated heterocycles. The van der Waals surface area contributed by atoms with Crippen LogP contribution in [0.15, 0.2) is 28.7 Å². The van der Waals surface area contributed by atoms with Crippen LogP contribution in [0.25, 0.3) is 0 Å². The number of hydrogen-bond acceptors (Lipinski definition) is 2. The Morgan fingerprint density at radius 3 is 2.24 bits per heavy atom. The molecule has 5 heteroatoms. The summed E-state index contributed by atoms with van der Waals surface area (Å²) in [5, 5.41) is 0. The van der Waals surface area contributed by atoms with Crippen molar-refractivity contribution in [2.45, 2.75) is 18.3 Å². The first-order valence-electron chi connectivity index (χ1n) is 5.51. The average molecular weight is 318 g/mol. The van der Waals surface area contributed by atoms with Crippen LogP contribution in [0.3, 0.4) is 0 Å². The molecule has 1 aromatic rings. The highest BCUT2D eigenvalue weighted by Gasteiger charge is 2.45. The van der Waals surface area contributed by atoms with Crippen LogP contribution in [0.4, 0.5) is 0 Å². The lowest BCUT2D eigenvalue weighted by molar-refractivity contribution is 0.430. The highest BCUT2D eigenvalue weighted by molar-refractivity contribution is 9.10. The molecule has 0 spiro atoms.